The van der Waals surface area contributed by atoms with Crippen molar-refractivity contribution in [2.24, 2.45) is 0 Å². The van der Waals surface area contributed by atoms with Gasteiger partial charge < -0.3 is 19.2 Å². The van der Waals surface area contributed by atoms with Crippen molar-refractivity contribution in [3.63, 3.8) is 0 Å². The van der Waals surface area contributed by atoms with E-state index in [1.165, 1.54) is 6.42 Å². The molecular weight excluding hydrogens is 414 g/mol. The molecule has 0 bridgehead atoms. The number of hydrogen-bond acceptors (Lipinski definition) is 4. The van der Waals surface area contributed by atoms with E-state index in [0.717, 1.165) is 52.9 Å². The Hall–Kier alpha value is -2.66. The molecule has 0 saturated heterocycles. The number of benzene rings is 2. The van der Waals surface area contributed by atoms with Crippen molar-refractivity contribution in [3.8, 4) is 11.5 Å². The van der Waals surface area contributed by atoms with E-state index in [9.17, 15) is 4.79 Å². The van der Waals surface area contributed by atoms with E-state index >= 15 is 0 Å². The molecule has 31 heavy (non-hydrogen) atoms. The number of nitrogens with one attached hydrogen (secondary N) is 1. The van der Waals surface area contributed by atoms with Crippen LogP contribution in [0.3, 0.4) is 0 Å². The van der Waals surface area contributed by atoms with Gasteiger partial charge in [-0.2, -0.15) is 0 Å². The predicted octanol–water partition coefficient (Wildman–Crippen LogP) is 5.90. The van der Waals surface area contributed by atoms with Crippen molar-refractivity contribution < 1.29 is 18.7 Å². The normalized spacial score (nSPS) is 18.9. The van der Waals surface area contributed by atoms with Crippen LogP contribution in [-0.2, 0) is 11.2 Å². The van der Waals surface area contributed by atoms with E-state index in [0.29, 0.717) is 23.6 Å². The highest BCUT2D eigenvalue weighted by Crippen LogP contribution is 2.49. The zero-order chi connectivity index (χ0) is 21.6. The van der Waals surface area contributed by atoms with E-state index in [1.807, 2.05) is 43.3 Å². The van der Waals surface area contributed by atoms with Gasteiger partial charge in [0.1, 0.15) is 17.1 Å². The molecule has 1 saturated carbocycles. The van der Waals surface area contributed by atoms with Crippen molar-refractivity contribution in [1.29, 1.82) is 0 Å². The Balaban J connectivity index is 1.32. The average Bonchev–Trinajstić information content (AvgIpc) is 3.12. The van der Waals surface area contributed by atoms with E-state index in [1.54, 1.807) is 7.11 Å². The van der Waals surface area contributed by atoms with Crippen LogP contribution in [-0.4, -0.2) is 18.6 Å². The van der Waals surface area contributed by atoms with Gasteiger partial charge in [-0.25, -0.2) is 0 Å². The van der Waals surface area contributed by atoms with Gasteiger partial charge in [0.05, 0.1) is 13.2 Å². The summed E-state index contributed by atoms with van der Waals surface area (Å²) >= 11 is 6.23. The molecule has 1 amide bonds. The molecule has 162 valence electrons. The summed E-state index contributed by atoms with van der Waals surface area (Å²) in [7, 11) is 1.63. The molecule has 1 fully saturated rings. The van der Waals surface area contributed by atoms with Gasteiger partial charge in [-0.1, -0.05) is 17.7 Å². The summed E-state index contributed by atoms with van der Waals surface area (Å²) < 4.78 is 17.5. The maximum Gasteiger partial charge on any atom is 0.220 e. The molecule has 1 aliphatic heterocycles. The summed E-state index contributed by atoms with van der Waals surface area (Å²) in [6.45, 7) is 1.92. The lowest BCUT2D eigenvalue weighted by molar-refractivity contribution is -0.123. The van der Waals surface area contributed by atoms with E-state index in [2.05, 4.69) is 5.32 Å². The fraction of sp³-hybridized carbons (Fsp3) is 0.400. The Morgan fingerprint density at radius 2 is 2.10 bits per heavy atom. The number of fused-ring (bicyclic) bond motifs is 2. The number of hydrogen-bond donors (Lipinski definition) is 1. The number of methoxy groups -OCH3 is 1. The maximum atomic E-state index is 12.9. The topological polar surface area (TPSA) is 60.7 Å². The first kappa shape index (κ1) is 20.3. The van der Waals surface area contributed by atoms with Crippen LogP contribution in [0.25, 0.3) is 11.0 Å². The molecule has 2 heterocycles. The number of carbonyl (C=O) groups excluding carboxylic acids is 1. The van der Waals surface area contributed by atoms with Crippen molar-refractivity contribution >= 4 is 28.5 Å². The third-order valence-electron chi connectivity index (χ3n) is 6.55. The molecule has 0 radical (unpaired) electrons. The summed E-state index contributed by atoms with van der Waals surface area (Å²) in [6.07, 6.45) is 5.05. The minimum Gasteiger partial charge on any atom is -0.493 e. The molecule has 0 unspecified atom stereocenters. The number of ether oxygens (including phenoxy) is 2. The quantitative estimate of drug-likeness (QED) is 0.537. The molecule has 1 aliphatic carbocycles. The Morgan fingerprint density at radius 1 is 1.26 bits per heavy atom. The Morgan fingerprint density at radius 3 is 2.84 bits per heavy atom. The smallest absolute Gasteiger partial charge is 0.220 e. The minimum absolute atomic E-state index is 0.0245. The van der Waals surface area contributed by atoms with Crippen LogP contribution in [0.1, 0.15) is 55.0 Å². The van der Waals surface area contributed by atoms with Gasteiger partial charge in [0, 0.05) is 28.8 Å². The number of carbonyl (C=O) groups is 1. The van der Waals surface area contributed by atoms with Crippen LogP contribution in [0.5, 0.6) is 11.5 Å². The highest BCUT2D eigenvalue weighted by Gasteiger charge is 2.45. The summed E-state index contributed by atoms with van der Waals surface area (Å²) in [5, 5.41) is 4.90. The second-order valence-electron chi connectivity index (χ2n) is 8.67. The van der Waals surface area contributed by atoms with Crippen LogP contribution >= 0.6 is 11.6 Å². The van der Waals surface area contributed by atoms with Crippen LogP contribution in [0.2, 0.25) is 5.02 Å². The first-order chi connectivity index (χ1) is 15.0. The van der Waals surface area contributed by atoms with E-state index in [4.69, 9.17) is 25.5 Å². The second-order valence-corrected chi connectivity index (χ2v) is 9.11. The summed E-state index contributed by atoms with van der Waals surface area (Å²) in [4.78, 5) is 12.9. The number of furan rings is 1. The van der Waals surface area contributed by atoms with Crippen molar-refractivity contribution in [2.75, 3.05) is 7.11 Å². The highest BCUT2D eigenvalue weighted by molar-refractivity contribution is 6.30. The molecule has 2 aliphatic rings. The number of rotatable bonds is 5. The van der Waals surface area contributed by atoms with Crippen molar-refractivity contribution in [1.82, 2.24) is 5.32 Å². The second kappa shape index (κ2) is 7.79. The highest BCUT2D eigenvalue weighted by atomic mass is 35.5. The molecular formula is C25H26ClNO4. The molecule has 3 aromatic rings. The van der Waals surface area contributed by atoms with Crippen LogP contribution in [0.15, 0.2) is 40.8 Å². The van der Waals surface area contributed by atoms with Gasteiger partial charge in [0.2, 0.25) is 5.91 Å². The van der Waals surface area contributed by atoms with Gasteiger partial charge in [-0.05, 0) is 68.5 Å². The minimum atomic E-state index is -0.144. The monoisotopic (exact) mass is 439 g/mol. The lowest BCUT2D eigenvalue weighted by Gasteiger charge is -2.48. The van der Waals surface area contributed by atoms with Gasteiger partial charge in [0.15, 0.2) is 11.3 Å². The standard InChI is InChI=1S/C25H26ClNO4/c1-15-12-18-16(4-7-22(29-2)24(18)30-15)5-9-23(28)27-20-14-25(10-3-11-25)31-21-8-6-17(26)13-19(20)21/h4,6-8,12-13,20H,3,5,9-11,14H2,1-2H3,(H,27,28)/t20-/m1/s1. The van der Waals surface area contributed by atoms with E-state index in [-0.39, 0.29) is 17.6 Å². The Labute approximate surface area is 186 Å². The molecule has 1 aromatic heterocycles. The molecule has 2 aromatic carbocycles. The van der Waals surface area contributed by atoms with Gasteiger partial charge in [-0.3, -0.25) is 4.79 Å². The third kappa shape index (κ3) is 3.76. The Kier molecular flexibility index (Phi) is 5.09. The molecule has 1 atom stereocenters. The zero-order valence-electron chi connectivity index (χ0n) is 17.8. The summed E-state index contributed by atoms with van der Waals surface area (Å²) in [5.41, 5.74) is 2.64. The third-order valence-corrected chi connectivity index (χ3v) is 6.79. The van der Waals surface area contributed by atoms with Crippen molar-refractivity contribution in [3.05, 3.63) is 58.3 Å². The van der Waals surface area contributed by atoms with Gasteiger partial charge in [0.25, 0.3) is 0 Å². The summed E-state index contributed by atoms with van der Waals surface area (Å²) in [5.74, 6) is 2.40. The fourth-order valence-electron chi connectivity index (χ4n) is 4.82. The Bertz CT molecular complexity index is 1150. The van der Waals surface area contributed by atoms with Crippen LogP contribution in [0.4, 0.5) is 0 Å². The lowest BCUT2D eigenvalue weighted by Crippen LogP contribution is -2.49. The predicted molar refractivity (Wildman–Crippen MR) is 120 cm³/mol. The first-order valence-corrected chi connectivity index (χ1v) is 11.2. The number of halogens is 1. The van der Waals surface area contributed by atoms with Gasteiger partial charge in [-0.15, -0.1) is 0 Å². The molecule has 5 nitrogen and oxygen atoms in total. The number of aryl methyl sites for hydroxylation is 2. The zero-order valence-corrected chi connectivity index (χ0v) is 18.6. The number of amides is 1. The van der Waals surface area contributed by atoms with Crippen LogP contribution in [0, 0.1) is 6.92 Å². The maximum absolute atomic E-state index is 12.9. The van der Waals surface area contributed by atoms with Crippen LogP contribution < -0.4 is 14.8 Å². The summed E-state index contributed by atoms with van der Waals surface area (Å²) in [6, 6.07) is 11.5. The molecule has 1 spiro atoms. The van der Waals surface area contributed by atoms with E-state index < -0.39 is 0 Å². The molecule has 5 rings (SSSR count). The largest absolute Gasteiger partial charge is 0.493 e. The SMILES string of the molecule is COc1ccc(CCC(=O)N[C@@H]2CC3(CCC3)Oc3ccc(Cl)cc32)c2cc(C)oc12. The molecule has 6 heteroatoms. The molecule has 1 N–H and O–H groups in total. The fourth-order valence-corrected chi connectivity index (χ4v) is 5.00. The van der Waals surface area contributed by atoms with Gasteiger partial charge >= 0.3 is 0 Å². The first-order valence-electron chi connectivity index (χ1n) is 10.8. The van der Waals surface area contributed by atoms with Crippen molar-refractivity contribution in [2.45, 2.75) is 57.1 Å². The lowest BCUT2D eigenvalue weighted by atomic mass is 9.73. The average molecular weight is 440 g/mol.